The normalized spacial score (nSPS) is 22.7. The van der Waals surface area contributed by atoms with Crippen molar-refractivity contribution in [3.05, 3.63) is 69.1 Å². The van der Waals surface area contributed by atoms with Gasteiger partial charge in [-0.25, -0.2) is 13.8 Å². The molecular formula is C25H22ClF2N5O5. The number of fused-ring (bicyclic) bond motifs is 2. The summed E-state index contributed by atoms with van der Waals surface area (Å²) in [5.74, 6) is -1.33. The standard InChI is InChI=1S/C25H22ClF2N5O5/c1-33-8-11(2-3-20(33)35)12-4-15(27)13(16(28)5-12)7-29-23-14(26)6-17-24(31-23)32-25(30-17)38-19-10-37-21-18(34)9-36-22(19)21/h2-6,8,18-19,21-22,34H,7,9-10H2,1H3,(H2,29,30,31,32)/t18-,19-,21-,22-/m1/s1. The lowest BCUT2D eigenvalue weighted by Gasteiger charge is -2.15. The van der Waals surface area contributed by atoms with Gasteiger partial charge in [0.15, 0.2) is 11.8 Å². The van der Waals surface area contributed by atoms with E-state index in [0.717, 1.165) is 0 Å². The van der Waals surface area contributed by atoms with Crippen LogP contribution in [0.2, 0.25) is 5.02 Å². The molecular weight excluding hydrogens is 524 g/mol. The molecule has 3 aromatic heterocycles. The summed E-state index contributed by atoms with van der Waals surface area (Å²) >= 11 is 6.35. The van der Waals surface area contributed by atoms with Gasteiger partial charge >= 0.3 is 0 Å². The number of H-pyrrole nitrogens is 1. The Kier molecular flexibility index (Phi) is 6.26. The summed E-state index contributed by atoms with van der Waals surface area (Å²) in [6, 6.07) is 7.01. The Balaban J connectivity index is 1.18. The molecule has 13 heteroatoms. The van der Waals surface area contributed by atoms with Gasteiger partial charge in [0.1, 0.15) is 35.8 Å². The highest BCUT2D eigenvalue weighted by atomic mass is 35.5. The molecule has 0 amide bonds. The van der Waals surface area contributed by atoms with E-state index in [1.807, 2.05) is 0 Å². The van der Waals surface area contributed by atoms with Crippen molar-refractivity contribution in [3.8, 4) is 17.1 Å². The second kappa shape index (κ2) is 9.62. The Bertz CT molecular complexity index is 1570. The van der Waals surface area contributed by atoms with Gasteiger partial charge < -0.3 is 34.2 Å². The van der Waals surface area contributed by atoms with Crippen LogP contribution in [-0.2, 0) is 23.1 Å². The molecule has 1 aromatic carbocycles. The summed E-state index contributed by atoms with van der Waals surface area (Å²) in [4.78, 5) is 23.3. The average molecular weight is 546 g/mol. The Morgan fingerprint density at radius 3 is 2.68 bits per heavy atom. The highest BCUT2D eigenvalue weighted by molar-refractivity contribution is 6.33. The molecule has 3 N–H and O–H groups in total. The number of aromatic amines is 1. The van der Waals surface area contributed by atoms with E-state index in [0.29, 0.717) is 16.6 Å². The van der Waals surface area contributed by atoms with Gasteiger partial charge in [-0.15, -0.1) is 0 Å². The molecule has 5 heterocycles. The molecule has 2 aliphatic rings. The number of aliphatic hydroxyl groups is 1. The van der Waals surface area contributed by atoms with E-state index in [2.05, 4.69) is 20.3 Å². The minimum Gasteiger partial charge on any atom is -0.456 e. The van der Waals surface area contributed by atoms with Crippen molar-refractivity contribution in [2.24, 2.45) is 7.05 Å². The molecule has 2 aliphatic heterocycles. The molecule has 4 atom stereocenters. The Morgan fingerprint density at radius 2 is 1.92 bits per heavy atom. The molecule has 2 fully saturated rings. The lowest BCUT2D eigenvalue weighted by molar-refractivity contribution is 0.00706. The molecule has 6 rings (SSSR count). The van der Waals surface area contributed by atoms with Crippen LogP contribution in [0, 0.1) is 11.6 Å². The van der Waals surface area contributed by atoms with Crippen LogP contribution < -0.4 is 15.6 Å². The third-order valence-electron chi connectivity index (χ3n) is 6.64. The lowest BCUT2D eigenvalue weighted by Crippen LogP contribution is -2.34. The van der Waals surface area contributed by atoms with Crippen molar-refractivity contribution >= 4 is 28.6 Å². The summed E-state index contributed by atoms with van der Waals surface area (Å²) in [7, 11) is 1.56. The number of hydrogen-bond donors (Lipinski definition) is 3. The van der Waals surface area contributed by atoms with E-state index in [1.165, 1.54) is 35.0 Å². The first-order chi connectivity index (χ1) is 18.3. The predicted molar refractivity (Wildman–Crippen MR) is 133 cm³/mol. The topological polar surface area (TPSA) is 124 Å². The summed E-state index contributed by atoms with van der Waals surface area (Å²) in [5.41, 5.74) is 1.16. The summed E-state index contributed by atoms with van der Waals surface area (Å²) in [5, 5.41) is 13.0. The largest absolute Gasteiger partial charge is 0.456 e. The van der Waals surface area contributed by atoms with Gasteiger partial charge in [-0.2, -0.15) is 4.98 Å². The highest BCUT2D eigenvalue weighted by Gasteiger charge is 2.48. The zero-order valence-corrected chi connectivity index (χ0v) is 20.7. The second-order valence-electron chi connectivity index (χ2n) is 9.19. The number of anilines is 1. The number of imidazole rings is 1. The fourth-order valence-electron chi connectivity index (χ4n) is 4.64. The van der Waals surface area contributed by atoms with Crippen LogP contribution in [0.4, 0.5) is 14.6 Å². The van der Waals surface area contributed by atoms with Crippen LogP contribution in [0.15, 0.2) is 41.3 Å². The second-order valence-corrected chi connectivity index (χ2v) is 9.60. The Hall–Kier alpha value is -3.58. The molecule has 0 unspecified atom stereocenters. The molecule has 0 aliphatic carbocycles. The van der Waals surface area contributed by atoms with Crippen molar-refractivity contribution in [2.45, 2.75) is 31.0 Å². The zero-order chi connectivity index (χ0) is 26.6. The number of aryl methyl sites for hydroxylation is 1. The third-order valence-corrected chi connectivity index (χ3v) is 6.93. The monoisotopic (exact) mass is 545 g/mol. The van der Waals surface area contributed by atoms with Gasteiger partial charge in [-0.3, -0.25) is 4.79 Å². The van der Waals surface area contributed by atoms with Crippen LogP contribution >= 0.6 is 11.6 Å². The van der Waals surface area contributed by atoms with Gasteiger partial charge in [0.2, 0.25) is 5.56 Å². The van der Waals surface area contributed by atoms with Crippen LogP contribution in [0.25, 0.3) is 22.3 Å². The molecule has 0 spiro atoms. The summed E-state index contributed by atoms with van der Waals surface area (Å²) < 4.78 is 48.1. The van der Waals surface area contributed by atoms with E-state index in [1.54, 1.807) is 13.1 Å². The lowest BCUT2D eigenvalue weighted by atomic mass is 10.0. The molecule has 0 bridgehead atoms. The van der Waals surface area contributed by atoms with Crippen molar-refractivity contribution < 1.29 is 28.1 Å². The minimum absolute atomic E-state index is 0.172. The van der Waals surface area contributed by atoms with E-state index >= 15 is 0 Å². The zero-order valence-electron chi connectivity index (χ0n) is 20.0. The number of ether oxygens (including phenoxy) is 3. The average Bonchev–Trinajstić information content (AvgIpc) is 3.57. The number of nitrogens with zero attached hydrogens (tertiary/aromatic N) is 3. The fraction of sp³-hybridized carbons (Fsp3) is 0.320. The SMILES string of the molecule is Cn1cc(-c2cc(F)c(CNc3nc4nc(O[C@@H]5CO[C@H]6[C@@H]5OC[C@H]6O)[nH]c4cc3Cl)c(F)c2)ccc1=O. The minimum atomic E-state index is -0.759. The molecule has 198 valence electrons. The van der Waals surface area contributed by atoms with Gasteiger partial charge in [-0.05, 0) is 35.4 Å². The van der Waals surface area contributed by atoms with Crippen molar-refractivity contribution in [2.75, 3.05) is 18.5 Å². The first kappa shape index (κ1) is 24.7. The summed E-state index contributed by atoms with van der Waals surface area (Å²) in [6.45, 7) is 0.195. The van der Waals surface area contributed by atoms with Crippen LogP contribution in [-0.4, -0.2) is 62.3 Å². The van der Waals surface area contributed by atoms with Gasteiger partial charge in [0, 0.05) is 31.4 Å². The summed E-state index contributed by atoms with van der Waals surface area (Å²) in [6.07, 6.45) is -0.489. The first-order valence-corrected chi connectivity index (χ1v) is 12.2. The Morgan fingerprint density at radius 1 is 1.16 bits per heavy atom. The first-order valence-electron chi connectivity index (χ1n) is 11.8. The van der Waals surface area contributed by atoms with E-state index in [4.69, 9.17) is 25.8 Å². The molecule has 10 nitrogen and oxygen atoms in total. The predicted octanol–water partition coefficient (Wildman–Crippen LogP) is 2.77. The maximum Gasteiger partial charge on any atom is 0.296 e. The molecule has 38 heavy (non-hydrogen) atoms. The van der Waals surface area contributed by atoms with E-state index in [-0.39, 0.29) is 53.4 Å². The van der Waals surface area contributed by atoms with Crippen LogP contribution in [0.1, 0.15) is 5.56 Å². The van der Waals surface area contributed by atoms with Crippen LogP contribution in [0.5, 0.6) is 6.01 Å². The number of aliphatic hydroxyl groups excluding tert-OH is 1. The van der Waals surface area contributed by atoms with E-state index in [9.17, 15) is 18.7 Å². The van der Waals surface area contributed by atoms with Gasteiger partial charge in [0.25, 0.3) is 6.01 Å². The van der Waals surface area contributed by atoms with Crippen LogP contribution in [0.3, 0.4) is 0 Å². The number of hydrogen-bond acceptors (Lipinski definition) is 8. The molecule has 0 saturated carbocycles. The highest BCUT2D eigenvalue weighted by Crippen LogP contribution is 2.31. The van der Waals surface area contributed by atoms with Gasteiger partial charge in [-0.1, -0.05) is 11.6 Å². The maximum atomic E-state index is 14.9. The van der Waals surface area contributed by atoms with Gasteiger partial charge in [0.05, 0.1) is 23.8 Å². The number of halogens is 3. The molecule has 0 radical (unpaired) electrons. The number of pyridine rings is 2. The molecule has 2 saturated heterocycles. The number of rotatable bonds is 6. The third kappa shape index (κ3) is 4.49. The Labute approximate surface area is 219 Å². The fourth-order valence-corrected chi connectivity index (χ4v) is 4.86. The number of benzene rings is 1. The molecule has 4 aromatic rings. The number of aromatic nitrogens is 4. The van der Waals surface area contributed by atoms with Crippen molar-refractivity contribution in [1.29, 1.82) is 0 Å². The number of nitrogens with one attached hydrogen (secondary N) is 2. The van der Waals surface area contributed by atoms with Crippen molar-refractivity contribution in [1.82, 2.24) is 19.5 Å². The maximum absolute atomic E-state index is 14.9. The quantitative estimate of drug-likeness (QED) is 0.338. The smallest absolute Gasteiger partial charge is 0.296 e. The van der Waals surface area contributed by atoms with E-state index < -0.39 is 36.1 Å². The van der Waals surface area contributed by atoms with Crippen molar-refractivity contribution in [3.63, 3.8) is 0 Å².